The van der Waals surface area contributed by atoms with Crippen LogP contribution in [0.25, 0.3) is 0 Å². The smallest absolute Gasteiger partial charge is 0.140 e. The number of aromatic nitrogens is 3. The van der Waals surface area contributed by atoms with Gasteiger partial charge in [0.05, 0.1) is 6.61 Å². The lowest BCUT2D eigenvalue weighted by Gasteiger charge is -2.33. The van der Waals surface area contributed by atoms with Crippen molar-refractivity contribution in [1.29, 1.82) is 0 Å². The third-order valence-corrected chi connectivity index (χ3v) is 3.29. The van der Waals surface area contributed by atoms with Crippen molar-refractivity contribution in [2.75, 3.05) is 26.8 Å². The van der Waals surface area contributed by atoms with Crippen molar-refractivity contribution in [2.24, 2.45) is 0 Å². The molecule has 0 amide bonds. The molecule has 0 spiro atoms. The lowest BCUT2D eigenvalue weighted by molar-refractivity contribution is 0.183. The molecule has 0 aromatic carbocycles. The summed E-state index contributed by atoms with van der Waals surface area (Å²) in [5.74, 6) is 1.08. The Morgan fingerprint density at radius 3 is 2.89 bits per heavy atom. The Bertz CT molecular complexity index is 340. The van der Waals surface area contributed by atoms with E-state index in [0.29, 0.717) is 6.61 Å². The van der Waals surface area contributed by atoms with Crippen LogP contribution in [0.3, 0.4) is 0 Å². The third-order valence-electron chi connectivity index (χ3n) is 3.29. The van der Waals surface area contributed by atoms with Crippen LogP contribution in [0.5, 0.6) is 0 Å². The lowest BCUT2D eigenvalue weighted by Crippen LogP contribution is -2.43. The Labute approximate surface area is 121 Å². The van der Waals surface area contributed by atoms with Crippen molar-refractivity contribution in [3.63, 3.8) is 0 Å². The van der Waals surface area contributed by atoms with Gasteiger partial charge in [-0.1, -0.05) is 6.92 Å². The Morgan fingerprint density at radius 2 is 2.28 bits per heavy atom. The fraction of sp³-hybridized carbons (Fsp3) is 0.818. The number of rotatable bonds is 4. The van der Waals surface area contributed by atoms with Crippen LogP contribution in [0.2, 0.25) is 0 Å². The van der Waals surface area contributed by atoms with E-state index in [-0.39, 0.29) is 30.2 Å². The highest BCUT2D eigenvalue weighted by Crippen LogP contribution is 2.28. The zero-order valence-electron chi connectivity index (χ0n) is 10.9. The Morgan fingerprint density at radius 1 is 1.50 bits per heavy atom. The summed E-state index contributed by atoms with van der Waals surface area (Å²) >= 11 is 0. The molecule has 7 heteroatoms. The van der Waals surface area contributed by atoms with E-state index in [2.05, 4.69) is 27.0 Å². The number of nitrogens with one attached hydrogen (secondary N) is 1. The summed E-state index contributed by atoms with van der Waals surface area (Å²) in [6.07, 6.45) is 4.17. The standard InChI is InChI=1S/C11H20N4O.2ClH/c1-11(4-3-5-12-8-11)10-14-13-9-15(10)6-7-16-2;;/h9,12H,3-8H2,1-2H3;2*1H. The van der Waals surface area contributed by atoms with Gasteiger partial charge in [-0.15, -0.1) is 35.0 Å². The van der Waals surface area contributed by atoms with Crippen LogP contribution in [-0.4, -0.2) is 41.6 Å². The molecule has 0 radical (unpaired) electrons. The zero-order chi connectivity index (χ0) is 11.4. The Kier molecular flexibility index (Phi) is 7.78. The second-order valence-corrected chi connectivity index (χ2v) is 4.68. The van der Waals surface area contributed by atoms with Gasteiger partial charge in [0.25, 0.3) is 0 Å². The van der Waals surface area contributed by atoms with Gasteiger partial charge in [0.2, 0.25) is 0 Å². The summed E-state index contributed by atoms with van der Waals surface area (Å²) in [6, 6.07) is 0. The van der Waals surface area contributed by atoms with Gasteiger partial charge in [-0.05, 0) is 19.4 Å². The normalized spacial score (nSPS) is 23.0. The highest BCUT2D eigenvalue weighted by Gasteiger charge is 2.33. The van der Waals surface area contributed by atoms with Crippen LogP contribution in [0.15, 0.2) is 6.33 Å². The molecule has 1 aliphatic rings. The van der Waals surface area contributed by atoms with Crippen molar-refractivity contribution in [3.8, 4) is 0 Å². The maximum absolute atomic E-state index is 5.10. The predicted octanol–water partition coefficient (Wildman–Crippen LogP) is 1.41. The first-order valence-corrected chi connectivity index (χ1v) is 5.84. The molecule has 1 N–H and O–H groups in total. The van der Waals surface area contributed by atoms with Crippen LogP contribution in [-0.2, 0) is 16.7 Å². The van der Waals surface area contributed by atoms with Crippen molar-refractivity contribution in [3.05, 3.63) is 12.2 Å². The van der Waals surface area contributed by atoms with E-state index in [0.717, 1.165) is 25.5 Å². The summed E-state index contributed by atoms with van der Waals surface area (Å²) in [5.41, 5.74) is 0.114. The van der Waals surface area contributed by atoms with E-state index in [9.17, 15) is 0 Å². The number of methoxy groups -OCH3 is 1. The van der Waals surface area contributed by atoms with Gasteiger partial charge in [-0.2, -0.15) is 0 Å². The molecule has 0 saturated carbocycles. The average molecular weight is 297 g/mol. The van der Waals surface area contributed by atoms with E-state index >= 15 is 0 Å². The van der Waals surface area contributed by atoms with Crippen LogP contribution in [0.1, 0.15) is 25.6 Å². The average Bonchev–Trinajstić information content (AvgIpc) is 2.76. The predicted molar refractivity (Wildman–Crippen MR) is 75.8 cm³/mol. The van der Waals surface area contributed by atoms with Crippen molar-refractivity contribution >= 4 is 24.8 Å². The van der Waals surface area contributed by atoms with E-state index < -0.39 is 0 Å². The van der Waals surface area contributed by atoms with Gasteiger partial charge in [-0.25, -0.2) is 0 Å². The first-order valence-electron chi connectivity index (χ1n) is 5.84. The van der Waals surface area contributed by atoms with Crippen LogP contribution in [0, 0.1) is 0 Å². The maximum atomic E-state index is 5.10. The molecule has 18 heavy (non-hydrogen) atoms. The Hall–Kier alpha value is -0.360. The molecule has 0 aliphatic carbocycles. The van der Waals surface area contributed by atoms with Gasteiger partial charge in [0.15, 0.2) is 0 Å². The fourth-order valence-corrected chi connectivity index (χ4v) is 2.32. The molecule has 1 saturated heterocycles. The molecule has 1 aromatic rings. The first kappa shape index (κ1) is 17.6. The summed E-state index contributed by atoms with van der Waals surface area (Å²) in [7, 11) is 1.72. The molecule has 2 rings (SSSR count). The number of piperidine rings is 1. The summed E-state index contributed by atoms with van der Waals surface area (Å²) < 4.78 is 7.21. The molecule has 5 nitrogen and oxygen atoms in total. The van der Waals surface area contributed by atoms with Gasteiger partial charge in [-0.3, -0.25) is 0 Å². The molecule has 106 valence electrons. The zero-order valence-corrected chi connectivity index (χ0v) is 12.5. The topological polar surface area (TPSA) is 52.0 Å². The third kappa shape index (κ3) is 3.82. The molecular weight excluding hydrogens is 275 g/mol. The van der Waals surface area contributed by atoms with Gasteiger partial charge < -0.3 is 14.6 Å². The van der Waals surface area contributed by atoms with Crippen molar-refractivity contribution in [2.45, 2.75) is 31.7 Å². The molecule has 2 heterocycles. The highest BCUT2D eigenvalue weighted by atomic mass is 35.5. The SMILES string of the molecule is COCCn1cnnc1C1(C)CCCNC1.Cl.Cl. The van der Waals surface area contributed by atoms with E-state index in [1.54, 1.807) is 13.4 Å². The lowest BCUT2D eigenvalue weighted by atomic mass is 9.82. The molecule has 1 fully saturated rings. The number of nitrogens with zero attached hydrogens (tertiary/aromatic N) is 3. The van der Waals surface area contributed by atoms with Gasteiger partial charge >= 0.3 is 0 Å². The molecule has 1 unspecified atom stereocenters. The highest BCUT2D eigenvalue weighted by molar-refractivity contribution is 5.85. The Balaban J connectivity index is 0.00000144. The van der Waals surface area contributed by atoms with Crippen LogP contribution >= 0.6 is 24.8 Å². The second-order valence-electron chi connectivity index (χ2n) is 4.68. The number of hydrogen-bond acceptors (Lipinski definition) is 4. The molecule has 1 aromatic heterocycles. The monoisotopic (exact) mass is 296 g/mol. The van der Waals surface area contributed by atoms with E-state index in [4.69, 9.17) is 4.74 Å². The maximum Gasteiger partial charge on any atom is 0.140 e. The minimum absolute atomic E-state index is 0. The molecule has 1 aliphatic heterocycles. The van der Waals surface area contributed by atoms with Gasteiger partial charge in [0, 0.05) is 25.6 Å². The number of halogens is 2. The fourth-order valence-electron chi connectivity index (χ4n) is 2.32. The van der Waals surface area contributed by atoms with Gasteiger partial charge in [0.1, 0.15) is 12.2 Å². The quantitative estimate of drug-likeness (QED) is 0.913. The summed E-state index contributed by atoms with van der Waals surface area (Å²) in [6.45, 7) is 5.88. The summed E-state index contributed by atoms with van der Waals surface area (Å²) in [5, 5.41) is 11.7. The minimum atomic E-state index is 0. The van der Waals surface area contributed by atoms with Crippen LogP contribution in [0.4, 0.5) is 0 Å². The largest absolute Gasteiger partial charge is 0.383 e. The first-order chi connectivity index (χ1) is 7.76. The van der Waals surface area contributed by atoms with Crippen molar-refractivity contribution in [1.82, 2.24) is 20.1 Å². The molecular formula is C11H22Cl2N4O. The summed E-state index contributed by atoms with van der Waals surface area (Å²) in [4.78, 5) is 0. The number of hydrogen-bond donors (Lipinski definition) is 1. The second kappa shape index (κ2) is 7.94. The molecule has 0 bridgehead atoms. The van der Waals surface area contributed by atoms with Crippen LogP contribution < -0.4 is 5.32 Å². The van der Waals surface area contributed by atoms with Crippen molar-refractivity contribution < 1.29 is 4.74 Å². The van der Waals surface area contributed by atoms with E-state index in [1.165, 1.54) is 12.8 Å². The molecule has 1 atom stereocenters. The number of ether oxygens (including phenoxy) is 1. The van der Waals surface area contributed by atoms with E-state index in [1.807, 2.05) is 0 Å². The minimum Gasteiger partial charge on any atom is -0.383 e.